The smallest absolute Gasteiger partial charge is 0.245 e. The van der Waals surface area contributed by atoms with Gasteiger partial charge in [0.1, 0.15) is 47.1 Å². The SMILES string of the molecule is CO[C@H]1CN(C)C(=O)[C@@H]2C[C@@H](CN2c2nc(N3[C@@H]4C[C@H]3C(=O)N(CCO)C4)nc3c2cnn3-c2ccc(F)cc2F)Nc2cccc(n2)C2=C=C(F)C=C3N=C(C)N(C1)C23. The van der Waals surface area contributed by atoms with Crippen molar-refractivity contribution < 1.29 is 32.6 Å². The zero-order valence-electron chi connectivity index (χ0n) is 33.0. The number of aliphatic hydroxyl groups excluding tert-OH is 1. The molecule has 10 rings (SSSR count). The van der Waals surface area contributed by atoms with E-state index in [1.165, 1.54) is 23.0 Å². The lowest BCUT2D eigenvalue weighted by Gasteiger charge is -2.55. The van der Waals surface area contributed by atoms with Crippen molar-refractivity contribution in [3.63, 3.8) is 0 Å². The molecule has 19 heteroatoms. The average molecular weight is 823 g/mol. The molecule has 8 heterocycles. The number of allylic oxidation sites excluding steroid dienone is 1. The van der Waals surface area contributed by atoms with Gasteiger partial charge in [-0.1, -0.05) is 11.8 Å². The molecule has 16 nitrogen and oxygen atoms in total. The number of nitrogens with zero attached hydrogens (tertiary/aromatic N) is 11. The summed E-state index contributed by atoms with van der Waals surface area (Å²) in [5.41, 5.74) is 4.63. The number of hydrogen-bond acceptors (Lipinski definition) is 13. The molecule has 2 N–H and O–H groups in total. The number of aliphatic hydroxyl groups is 1. The number of methoxy groups -OCH3 is 1. The Kier molecular flexibility index (Phi) is 9.14. The summed E-state index contributed by atoms with van der Waals surface area (Å²) in [7, 11) is 3.30. The standard InChI is InChI=1S/C41H41F3N12O4/c1-21-46-31-13-23(43)11-27-30-5-4-6-35(48-30)47-24-14-33(39(58)51(2)19-26(60-3)20-53(21)36(27)31)54(17-24)37-28-16-45-56(32-8-7-22(42)12-29(32)44)38(28)50-41(49-37)55-25-15-34(55)40(59)52(18-25)9-10-57/h4-8,12-13,16,24-26,33-34,36,57H,9-10,14-15,17-20H2,1-3H3,(H,47,48)/t24-,25+,26-,33-,34-,36?/m0/s1. The van der Waals surface area contributed by atoms with E-state index in [2.05, 4.69) is 16.1 Å². The van der Waals surface area contributed by atoms with Gasteiger partial charge in [-0.25, -0.2) is 23.4 Å². The Labute approximate surface area is 341 Å². The normalized spacial score (nSPS) is 26.2. The molecule has 0 spiro atoms. The fraction of sp³-hybridized carbons (Fsp3) is 0.415. The molecule has 0 saturated carbocycles. The lowest BCUT2D eigenvalue weighted by molar-refractivity contribution is -0.140. The molecule has 310 valence electrons. The van der Waals surface area contributed by atoms with Gasteiger partial charge in [0.15, 0.2) is 17.3 Å². The van der Waals surface area contributed by atoms with Gasteiger partial charge in [-0.15, -0.1) is 0 Å². The molecule has 5 aliphatic heterocycles. The number of piperazine rings is 1. The van der Waals surface area contributed by atoms with Gasteiger partial charge < -0.3 is 39.7 Å². The highest BCUT2D eigenvalue weighted by Crippen LogP contribution is 2.41. The molecule has 60 heavy (non-hydrogen) atoms. The molecule has 6 aliphatic rings. The second kappa shape index (κ2) is 14.5. The number of pyridine rings is 1. The quantitative estimate of drug-likeness (QED) is 0.274. The number of β-amino-alcohol motifs (C(OH)–C–C–N with tert-alkyl or cyclic N) is 1. The predicted octanol–water partition coefficient (Wildman–Crippen LogP) is 2.65. The van der Waals surface area contributed by atoms with Crippen LogP contribution < -0.4 is 15.1 Å². The van der Waals surface area contributed by atoms with Gasteiger partial charge in [-0.05, 0) is 44.0 Å². The van der Waals surface area contributed by atoms with Crippen LogP contribution in [0, 0.1) is 11.6 Å². The fourth-order valence-corrected chi connectivity index (χ4v) is 9.45. The number of halogens is 3. The summed E-state index contributed by atoms with van der Waals surface area (Å²) in [5, 5.41) is 18.0. The number of carbonyl (C=O) groups is 2. The Morgan fingerprint density at radius 1 is 0.983 bits per heavy atom. The van der Waals surface area contributed by atoms with Crippen molar-refractivity contribution in [3.8, 4) is 5.69 Å². The first kappa shape index (κ1) is 37.9. The van der Waals surface area contributed by atoms with Gasteiger partial charge in [0.05, 0.1) is 47.3 Å². The zero-order valence-corrected chi connectivity index (χ0v) is 33.0. The van der Waals surface area contributed by atoms with Gasteiger partial charge in [-0.2, -0.15) is 19.5 Å². The molecule has 3 fully saturated rings. The molecule has 3 aromatic heterocycles. The summed E-state index contributed by atoms with van der Waals surface area (Å²) in [4.78, 5) is 56.9. The molecule has 3 saturated heterocycles. The molecule has 1 unspecified atom stereocenters. The highest BCUT2D eigenvalue weighted by Gasteiger charge is 2.52. The number of carbonyl (C=O) groups excluding carboxylic acids is 2. The van der Waals surface area contributed by atoms with Gasteiger partial charge in [0.25, 0.3) is 0 Å². The van der Waals surface area contributed by atoms with Crippen LogP contribution in [0.3, 0.4) is 0 Å². The summed E-state index contributed by atoms with van der Waals surface area (Å²) < 4.78 is 51.9. The molecule has 2 amide bonds. The number of likely N-dealkylation sites (tertiary alicyclic amines) is 1. The first-order valence-electron chi connectivity index (χ1n) is 19.9. The number of fused-ring (bicyclic) bond motifs is 8. The number of benzene rings is 1. The monoisotopic (exact) mass is 822 g/mol. The summed E-state index contributed by atoms with van der Waals surface area (Å²) in [5.74, 6) is -0.836. The van der Waals surface area contributed by atoms with E-state index in [0.717, 1.165) is 12.1 Å². The summed E-state index contributed by atoms with van der Waals surface area (Å²) in [6.07, 6.45) is 3.28. The largest absolute Gasteiger partial charge is 0.395 e. The molecular formula is C41H41F3N12O4. The van der Waals surface area contributed by atoms with E-state index >= 15 is 8.78 Å². The number of likely N-dealkylation sites (N-methyl/N-ethyl adjacent to an activating group) is 1. The van der Waals surface area contributed by atoms with Crippen molar-refractivity contribution in [2.45, 2.75) is 56.1 Å². The van der Waals surface area contributed by atoms with Crippen molar-refractivity contribution in [1.29, 1.82) is 0 Å². The lowest BCUT2D eigenvalue weighted by atomic mass is 9.87. The van der Waals surface area contributed by atoms with Gasteiger partial charge in [-0.3, -0.25) is 9.59 Å². The third-order valence-corrected chi connectivity index (χ3v) is 12.3. The van der Waals surface area contributed by atoms with Gasteiger partial charge in [0, 0.05) is 65.1 Å². The maximum absolute atomic E-state index is 15.4. The number of piperidine rings is 1. The van der Waals surface area contributed by atoms with E-state index in [0.29, 0.717) is 65.8 Å². The molecule has 6 bridgehead atoms. The van der Waals surface area contributed by atoms with E-state index in [4.69, 9.17) is 24.7 Å². The van der Waals surface area contributed by atoms with Gasteiger partial charge >= 0.3 is 0 Å². The molecule has 1 aliphatic carbocycles. The van der Waals surface area contributed by atoms with Crippen molar-refractivity contribution >= 4 is 51.8 Å². The third-order valence-electron chi connectivity index (χ3n) is 12.3. The highest BCUT2D eigenvalue weighted by atomic mass is 19.1. The minimum atomic E-state index is -0.857. The van der Waals surface area contributed by atoms with Crippen LogP contribution in [0.2, 0.25) is 0 Å². The molecule has 6 atom stereocenters. The van der Waals surface area contributed by atoms with Crippen LogP contribution in [-0.2, 0) is 14.3 Å². The number of amides is 2. The van der Waals surface area contributed by atoms with E-state index in [1.54, 1.807) is 24.0 Å². The van der Waals surface area contributed by atoms with Gasteiger partial charge in [0.2, 0.25) is 17.8 Å². The first-order valence-corrected chi connectivity index (χ1v) is 19.9. The summed E-state index contributed by atoms with van der Waals surface area (Å²) in [6, 6.07) is 6.29. The van der Waals surface area contributed by atoms with Crippen LogP contribution in [0.5, 0.6) is 0 Å². The Morgan fingerprint density at radius 2 is 1.83 bits per heavy atom. The Balaban J connectivity index is 1.09. The van der Waals surface area contributed by atoms with Crippen molar-refractivity contribution in [1.82, 2.24) is 39.4 Å². The fourth-order valence-electron chi connectivity index (χ4n) is 9.45. The van der Waals surface area contributed by atoms with Crippen LogP contribution in [0.4, 0.5) is 30.8 Å². The number of nitrogens with one attached hydrogen (secondary N) is 1. The minimum Gasteiger partial charge on any atom is -0.395 e. The first-order chi connectivity index (χ1) is 29.0. The number of rotatable bonds is 6. The third kappa shape index (κ3) is 6.18. The lowest BCUT2D eigenvalue weighted by Crippen LogP contribution is -2.72. The number of hydrogen-bond donors (Lipinski definition) is 2. The van der Waals surface area contributed by atoms with Crippen molar-refractivity contribution in [2.24, 2.45) is 4.99 Å². The van der Waals surface area contributed by atoms with Crippen LogP contribution in [0.15, 0.2) is 70.9 Å². The summed E-state index contributed by atoms with van der Waals surface area (Å²) in [6.45, 7) is 3.04. The number of anilines is 3. The Bertz CT molecular complexity index is 2590. The molecule has 4 aromatic rings. The van der Waals surface area contributed by atoms with Crippen LogP contribution in [0.1, 0.15) is 25.5 Å². The highest BCUT2D eigenvalue weighted by molar-refractivity contribution is 5.95. The Hall–Kier alpha value is -6.30. The van der Waals surface area contributed by atoms with E-state index in [1.807, 2.05) is 39.8 Å². The van der Waals surface area contributed by atoms with E-state index < -0.39 is 41.7 Å². The van der Waals surface area contributed by atoms with Crippen LogP contribution in [-0.4, -0.2) is 152 Å². The van der Waals surface area contributed by atoms with Crippen molar-refractivity contribution in [3.05, 3.63) is 83.3 Å². The minimum absolute atomic E-state index is 0.0479. The zero-order chi connectivity index (χ0) is 41.6. The van der Waals surface area contributed by atoms with Crippen LogP contribution >= 0.6 is 0 Å². The topological polar surface area (TPSA) is 161 Å². The molecule has 1 aromatic carbocycles. The maximum atomic E-state index is 15.4. The average Bonchev–Trinajstić information content (AvgIpc) is 3.92. The van der Waals surface area contributed by atoms with Crippen molar-refractivity contribution in [2.75, 3.05) is 68.6 Å². The Morgan fingerprint density at radius 3 is 2.62 bits per heavy atom. The van der Waals surface area contributed by atoms with E-state index in [-0.39, 0.29) is 67.4 Å². The predicted molar refractivity (Wildman–Crippen MR) is 214 cm³/mol. The van der Waals surface area contributed by atoms with Crippen LogP contribution in [0.25, 0.3) is 22.3 Å². The number of aromatic nitrogens is 5. The maximum Gasteiger partial charge on any atom is 0.245 e. The second-order valence-corrected chi connectivity index (χ2v) is 16.0. The number of ether oxygens (including phenoxy) is 1. The molecule has 0 radical (unpaired) electrons. The van der Waals surface area contributed by atoms with E-state index in [9.17, 15) is 19.1 Å². The number of aliphatic imine (C=N–C) groups is 1. The molecular weight excluding hydrogens is 782 g/mol. The second-order valence-electron chi connectivity index (χ2n) is 16.0. The number of amidine groups is 1. The summed E-state index contributed by atoms with van der Waals surface area (Å²) >= 11 is 0.